The van der Waals surface area contributed by atoms with Crippen molar-refractivity contribution in [2.24, 2.45) is 0 Å². The van der Waals surface area contributed by atoms with E-state index in [1.807, 2.05) is 6.07 Å². The van der Waals surface area contributed by atoms with E-state index < -0.39 is 7.92 Å². The molecule has 5 aromatic carbocycles. The van der Waals surface area contributed by atoms with Gasteiger partial charge in [0.2, 0.25) is 0 Å². The minimum Gasteiger partial charge on any atom is -1.00 e. The molecule has 2 heterocycles. The second-order valence-electron chi connectivity index (χ2n) is 9.80. The predicted molar refractivity (Wildman–Crippen MR) is 173 cm³/mol. The maximum absolute atomic E-state index is 3.77. The van der Waals surface area contributed by atoms with E-state index >= 15 is 0 Å². The van der Waals surface area contributed by atoms with Crippen LogP contribution in [0.25, 0.3) is 12.2 Å². The van der Waals surface area contributed by atoms with Crippen molar-refractivity contribution in [1.82, 2.24) is 0 Å². The minimum atomic E-state index is -0.533. The molecule has 9 rings (SSSR count). The maximum atomic E-state index is 3.77. The topological polar surface area (TPSA) is 0 Å². The molecule has 0 fully saturated rings. The van der Waals surface area contributed by atoms with Crippen LogP contribution in [0.4, 0.5) is 0 Å². The first kappa shape index (κ1) is 33.7. The molecule has 5 aromatic rings. The zero-order chi connectivity index (χ0) is 26.3. The zero-order valence-corrected chi connectivity index (χ0v) is 31.9. The second kappa shape index (κ2) is 14.7. The Labute approximate surface area is 306 Å². The molecule has 0 N–H and O–H groups in total. The number of allylic oxidation sites excluding steroid dienone is 2. The molecule has 6 heteroatoms. The zero-order valence-electron chi connectivity index (χ0n) is 22.2. The molecule has 2 aliphatic heterocycles. The van der Waals surface area contributed by atoms with Crippen molar-refractivity contribution in [3.63, 3.8) is 0 Å². The van der Waals surface area contributed by atoms with Crippen LogP contribution in [0.1, 0.15) is 45.2 Å². The number of rotatable bonds is 2. The molecular formula is C36H23Br4PZr. The van der Waals surface area contributed by atoms with E-state index in [-0.39, 0.29) is 72.0 Å². The Morgan fingerprint density at radius 3 is 1.81 bits per heavy atom. The van der Waals surface area contributed by atoms with Gasteiger partial charge < -0.3 is 34.0 Å². The molecule has 4 aliphatic rings. The van der Waals surface area contributed by atoms with Crippen LogP contribution in [-0.4, -0.2) is 0 Å². The molecule has 0 radical (unpaired) electrons. The maximum Gasteiger partial charge on any atom is 4.00 e. The third-order valence-corrected chi connectivity index (χ3v) is 11.4. The summed E-state index contributed by atoms with van der Waals surface area (Å²) in [5.74, 6) is 0.519. The summed E-state index contributed by atoms with van der Waals surface area (Å²) in [6, 6.07) is 41.3. The van der Waals surface area contributed by atoms with Gasteiger partial charge in [-0.05, 0) is 18.5 Å². The van der Waals surface area contributed by atoms with Crippen LogP contribution < -0.4 is 49.9 Å². The summed E-state index contributed by atoms with van der Waals surface area (Å²) in [6.07, 6.45) is 11.3. The minimum absolute atomic E-state index is 0. The van der Waals surface area contributed by atoms with Crippen LogP contribution in [0, 0.1) is 12.2 Å². The van der Waals surface area contributed by atoms with Crippen LogP contribution >= 0.6 is 39.8 Å². The quantitative estimate of drug-likeness (QED) is 0.189. The second-order valence-corrected chi connectivity index (χ2v) is 13.7. The molecule has 0 amide bonds. The van der Waals surface area contributed by atoms with Gasteiger partial charge in [-0.2, -0.15) is 11.1 Å². The van der Waals surface area contributed by atoms with Gasteiger partial charge in [-0.1, -0.05) is 169 Å². The van der Waals surface area contributed by atoms with E-state index in [0.717, 1.165) is 0 Å². The predicted octanol–water partition coefficient (Wildman–Crippen LogP) is 2.90. The Morgan fingerprint density at radius 1 is 0.524 bits per heavy atom. The monoisotopic (exact) mass is 892 g/mol. The van der Waals surface area contributed by atoms with Gasteiger partial charge in [-0.3, -0.25) is 12.2 Å². The smallest absolute Gasteiger partial charge is 1.00 e. The van der Waals surface area contributed by atoms with Crippen molar-refractivity contribution in [3.8, 4) is 0 Å². The molecule has 2 aliphatic carbocycles. The van der Waals surface area contributed by atoms with E-state index in [1.165, 1.54) is 58.2 Å². The molecule has 0 nitrogen and oxygen atoms in total. The van der Waals surface area contributed by atoms with Crippen LogP contribution in [-0.2, 0) is 26.2 Å². The van der Waals surface area contributed by atoms with Crippen LogP contribution in [0.5, 0.6) is 0 Å². The Kier molecular flexibility index (Phi) is 11.8. The van der Waals surface area contributed by atoms with E-state index in [4.69, 9.17) is 0 Å². The van der Waals surface area contributed by atoms with Crippen LogP contribution in [0.15, 0.2) is 124 Å². The third-order valence-electron chi connectivity index (χ3n) is 7.55. The largest absolute Gasteiger partial charge is 4.00 e. The molecule has 0 aromatic heterocycles. The molecule has 0 saturated heterocycles. The SMILES string of the molecule is Brc1ccc2c3c1C([C-]=C3)c1ccc(cc1)P2c1ccccc1.Brc1cccc2c1C(c1ccccc1)[C-]=C2.[Br-].[Br-].[Zr+4]. The molecular weight excluding hydrogens is 874 g/mol. The number of halogens is 4. The van der Waals surface area contributed by atoms with Crippen LogP contribution in [0.2, 0.25) is 0 Å². The first-order valence-electron chi connectivity index (χ1n) is 13.0. The molecule has 3 unspecified atom stereocenters. The Morgan fingerprint density at radius 2 is 1.10 bits per heavy atom. The van der Waals surface area contributed by atoms with E-state index in [0.29, 0.717) is 0 Å². The Balaban J connectivity index is 0.000000190. The van der Waals surface area contributed by atoms with Gasteiger partial charge in [0.1, 0.15) is 0 Å². The van der Waals surface area contributed by atoms with Gasteiger partial charge in [-0.25, -0.2) is 12.2 Å². The van der Waals surface area contributed by atoms with Crippen molar-refractivity contribution in [2.75, 3.05) is 0 Å². The van der Waals surface area contributed by atoms with Gasteiger partial charge >= 0.3 is 26.2 Å². The molecule has 6 bridgehead atoms. The number of hydrogen-bond donors (Lipinski definition) is 0. The summed E-state index contributed by atoms with van der Waals surface area (Å²) in [5, 5.41) is 4.26. The molecule has 3 atom stereocenters. The molecule has 42 heavy (non-hydrogen) atoms. The fourth-order valence-corrected chi connectivity index (χ4v) is 9.33. The van der Waals surface area contributed by atoms with Gasteiger partial charge in [0, 0.05) is 8.95 Å². The average molecular weight is 897 g/mol. The summed E-state index contributed by atoms with van der Waals surface area (Å²) in [5.41, 5.74) is 7.95. The van der Waals surface area contributed by atoms with E-state index in [2.05, 4.69) is 165 Å². The summed E-state index contributed by atoms with van der Waals surface area (Å²) < 4.78 is 2.36. The number of hydrogen-bond acceptors (Lipinski definition) is 0. The Bertz CT molecular complexity index is 1730. The van der Waals surface area contributed by atoms with Crippen molar-refractivity contribution in [1.29, 1.82) is 0 Å². The Hall–Kier alpha value is -1.19. The normalized spacial score (nSPS) is 17.7. The first-order chi connectivity index (χ1) is 19.2. The fraction of sp³-hybridized carbons (Fsp3) is 0.0556. The van der Waals surface area contributed by atoms with Gasteiger partial charge in [-0.15, -0.1) is 17.2 Å². The third kappa shape index (κ3) is 6.31. The van der Waals surface area contributed by atoms with Crippen molar-refractivity contribution in [3.05, 3.63) is 170 Å². The number of benzene rings is 5. The summed E-state index contributed by atoms with van der Waals surface area (Å²) in [7, 11) is -0.533. The standard InChI is InChI=1S/C21H13BrP.C15H10Br.2BrH.Zr/c22-19-12-13-20-18-11-10-17(21(18)19)14-6-8-16(9-7-14)23(20)15-4-2-1-3-5-15;16-14-8-4-7-12-9-10-13(15(12)14)11-5-2-1-3-6-11;;;/h1-9,11-13,17H;1-9,13H;2*1H;/q2*-1;;;+4/p-2. The fourth-order valence-electron chi connectivity index (χ4n) is 5.72. The van der Waals surface area contributed by atoms with Gasteiger partial charge in [0.25, 0.3) is 0 Å². The van der Waals surface area contributed by atoms with Crippen molar-refractivity contribution in [2.45, 2.75) is 11.8 Å². The van der Waals surface area contributed by atoms with E-state index in [9.17, 15) is 0 Å². The van der Waals surface area contributed by atoms with Crippen molar-refractivity contribution < 1.29 is 60.2 Å². The average Bonchev–Trinajstić information content (AvgIpc) is 3.64. The molecule has 0 spiro atoms. The van der Waals surface area contributed by atoms with Gasteiger partial charge in [0.05, 0.1) is 0 Å². The molecule has 0 saturated carbocycles. The van der Waals surface area contributed by atoms with Crippen LogP contribution in [0.3, 0.4) is 0 Å². The number of fused-ring (bicyclic) bond motifs is 3. The van der Waals surface area contributed by atoms with Gasteiger partial charge in [0.15, 0.2) is 0 Å². The molecule has 204 valence electrons. The summed E-state index contributed by atoms with van der Waals surface area (Å²) >= 11 is 7.39. The first-order valence-corrected chi connectivity index (χ1v) is 15.9. The van der Waals surface area contributed by atoms with Crippen molar-refractivity contribution >= 4 is 67.8 Å². The summed E-state index contributed by atoms with van der Waals surface area (Å²) in [6.45, 7) is 0. The summed E-state index contributed by atoms with van der Waals surface area (Å²) in [4.78, 5) is 0. The van der Waals surface area contributed by atoms with E-state index in [1.54, 1.807) is 0 Å².